The molecule has 0 unspecified atom stereocenters. The fourth-order valence-corrected chi connectivity index (χ4v) is 3.49. The van der Waals surface area contributed by atoms with Crippen LogP contribution in [0.15, 0.2) is 47.8 Å². The van der Waals surface area contributed by atoms with Crippen LogP contribution in [0.1, 0.15) is 43.9 Å². The summed E-state index contributed by atoms with van der Waals surface area (Å²) in [6, 6.07) is 6.08. The van der Waals surface area contributed by atoms with Gasteiger partial charge in [0, 0.05) is 30.1 Å². The number of fused-ring (bicyclic) bond motifs is 1. The van der Waals surface area contributed by atoms with E-state index in [0.29, 0.717) is 11.3 Å². The van der Waals surface area contributed by atoms with Crippen molar-refractivity contribution in [3.63, 3.8) is 0 Å². The number of nitrogens with zero attached hydrogens (tertiary/aromatic N) is 3. The third-order valence-corrected chi connectivity index (χ3v) is 5.13. The minimum absolute atomic E-state index is 0.0643. The molecule has 0 bridgehead atoms. The van der Waals surface area contributed by atoms with Crippen molar-refractivity contribution in [1.82, 2.24) is 24.8 Å². The molecular weight excluding hydrogens is 388 g/mol. The highest BCUT2D eigenvalue weighted by Gasteiger charge is 2.32. The molecule has 30 heavy (non-hydrogen) atoms. The highest BCUT2D eigenvalue weighted by molar-refractivity contribution is 6.23. The molecule has 0 spiro atoms. The summed E-state index contributed by atoms with van der Waals surface area (Å²) in [7, 11) is 0. The van der Waals surface area contributed by atoms with Crippen LogP contribution in [0.3, 0.4) is 0 Å². The summed E-state index contributed by atoms with van der Waals surface area (Å²) in [5.74, 6) is -1.79. The molecule has 3 amide bonds. The SMILES string of the molecule is Nc1c2c(cc(=O)n1-c1cc(C(=O)NC3CC3)ccc1-n1ccnc1)C(=O)NC2=O. The number of carbonyl (C=O) groups excluding carboxylic acids is 3. The number of anilines is 1. The normalized spacial score (nSPS) is 15.1. The lowest BCUT2D eigenvalue weighted by Gasteiger charge is -2.17. The summed E-state index contributed by atoms with van der Waals surface area (Å²) in [6.07, 6.45) is 6.65. The summed E-state index contributed by atoms with van der Waals surface area (Å²) in [4.78, 5) is 53.6. The molecule has 1 fully saturated rings. The number of nitrogen functional groups attached to an aromatic ring is 1. The topological polar surface area (TPSA) is 141 Å². The summed E-state index contributed by atoms with van der Waals surface area (Å²) < 4.78 is 2.78. The van der Waals surface area contributed by atoms with Gasteiger partial charge in [-0.25, -0.2) is 4.98 Å². The first kappa shape index (κ1) is 17.9. The lowest BCUT2D eigenvalue weighted by atomic mass is 10.1. The molecule has 150 valence electrons. The van der Waals surface area contributed by atoms with Gasteiger partial charge in [0.05, 0.1) is 28.8 Å². The van der Waals surface area contributed by atoms with Crippen LogP contribution in [0.2, 0.25) is 0 Å². The van der Waals surface area contributed by atoms with E-state index in [1.807, 2.05) is 0 Å². The van der Waals surface area contributed by atoms with Gasteiger partial charge < -0.3 is 15.6 Å². The highest BCUT2D eigenvalue weighted by Crippen LogP contribution is 2.27. The smallest absolute Gasteiger partial charge is 0.262 e. The van der Waals surface area contributed by atoms with Gasteiger partial charge in [-0.3, -0.25) is 29.1 Å². The van der Waals surface area contributed by atoms with E-state index >= 15 is 0 Å². The van der Waals surface area contributed by atoms with Crippen molar-refractivity contribution >= 4 is 23.5 Å². The molecule has 0 atom stereocenters. The number of aromatic nitrogens is 3. The number of hydrogen-bond donors (Lipinski definition) is 3. The fourth-order valence-electron chi connectivity index (χ4n) is 3.49. The first-order valence-electron chi connectivity index (χ1n) is 9.29. The highest BCUT2D eigenvalue weighted by atomic mass is 16.2. The van der Waals surface area contributed by atoms with Gasteiger partial charge in [0.15, 0.2) is 0 Å². The molecule has 10 heteroatoms. The molecular formula is C20H16N6O4. The molecule has 1 saturated carbocycles. The van der Waals surface area contributed by atoms with Crippen molar-refractivity contribution in [2.24, 2.45) is 0 Å². The second kappa shape index (κ2) is 6.41. The molecule has 0 saturated heterocycles. The molecule has 0 radical (unpaired) electrons. The number of amides is 3. The van der Waals surface area contributed by atoms with E-state index in [0.717, 1.165) is 23.5 Å². The first-order valence-corrected chi connectivity index (χ1v) is 9.29. The Bertz CT molecular complexity index is 1290. The first-order chi connectivity index (χ1) is 14.4. The number of benzene rings is 1. The number of carbonyl (C=O) groups is 3. The van der Waals surface area contributed by atoms with Crippen molar-refractivity contribution in [2.45, 2.75) is 18.9 Å². The summed E-state index contributed by atoms with van der Waals surface area (Å²) in [5.41, 5.74) is 6.60. The second-order valence-electron chi connectivity index (χ2n) is 7.20. The largest absolute Gasteiger partial charge is 0.384 e. The Morgan fingerprint density at radius 1 is 1.13 bits per heavy atom. The van der Waals surface area contributed by atoms with E-state index < -0.39 is 17.4 Å². The predicted molar refractivity (Wildman–Crippen MR) is 106 cm³/mol. The van der Waals surface area contributed by atoms with E-state index in [9.17, 15) is 19.2 Å². The van der Waals surface area contributed by atoms with Crippen molar-refractivity contribution in [3.8, 4) is 11.4 Å². The van der Waals surface area contributed by atoms with Crippen LogP contribution >= 0.6 is 0 Å². The van der Waals surface area contributed by atoms with Crippen LogP contribution < -0.4 is 21.9 Å². The minimum atomic E-state index is -0.673. The molecule has 2 aromatic heterocycles. The number of hydrogen-bond acceptors (Lipinski definition) is 6. The maximum atomic E-state index is 12.9. The number of nitrogens with one attached hydrogen (secondary N) is 2. The Kier molecular flexibility index (Phi) is 3.82. The third kappa shape index (κ3) is 2.77. The number of imide groups is 1. The molecule has 3 heterocycles. The van der Waals surface area contributed by atoms with Crippen LogP contribution in [0, 0.1) is 0 Å². The lowest BCUT2D eigenvalue weighted by molar-refractivity contribution is 0.0878. The summed E-state index contributed by atoms with van der Waals surface area (Å²) in [6.45, 7) is 0. The van der Waals surface area contributed by atoms with Crippen molar-refractivity contribution in [3.05, 3.63) is 70.0 Å². The van der Waals surface area contributed by atoms with Gasteiger partial charge in [-0.15, -0.1) is 0 Å². The number of nitrogens with two attached hydrogens (primary N) is 1. The Morgan fingerprint density at radius 3 is 2.63 bits per heavy atom. The molecule has 1 aliphatic carbocycles. The van der Waals surface area contributed by atoms with E-state index in [4.69, 9.17) is 5.73 Å². The molecule has 3 aromatic rings. The van der Waals surface area contributed by atoms with Gasteiger partial charge in [-0.1, -0.05) is 0 Å². The fraction of sp³-hybridized carbons (Fsp3) is 0.150. The van der Waals surface area contributed by atoms with Crippen LogP contribution in [-0.2, 0) is 0 Å². The molecule has 4 N–H and O–H groups in total. The molecule has 1 aliphatic heterocycles. The van der Waals surface area contributed by atoms with Crippen molar-refractivity contribution in [2.75, 3.05) is 5.73 Å². The monoisotopic (exact) mass is 404 g/mol. The van der Waals surface area contributed by atoms with Crippen LogP contribution in [0.25, 0.3) is 11.4 Å². The van der Waals surface area contributed by atoms with Gasteiger partial charge in [-0.2, -0.15) is 0 Å². The van der Waals surface area contributed by atoms with Gasteiger partial charge in [-0.05, 0) is 31.0 Å². The Morgan fingerprint density at radius 2 is 1.93 bits per heavy atom. The number of imidazole rings is 1. The maximum Gasteiger partial charge on any atom is 0.262 e. The molecule has 1 aromatic carbocycles. The second-order valence-corrected chi connectivity index (χ2v) is 7.20. The van der Waals surface area contributed by atoms with E-state index in [1.165, 1.54) is 12.4 Å². The van der Waals surface area contributed by atoms with Gasteiger partial charge >= 0.3 is 0 Å². The average Bonchev–Trinajstić information content (AvgIpc) is 3.25. The zero-order chi connectivity index (χ0) is 21.0. The van der Waals surface area contributed by atoms with Crippen molar-refractivity contribution in [1.29, 1.82) is 0 Å². The Hall–Kier alpha value is -4.21. The predicted octanol–water partition coefficient (Wildman–Crippen LogP) is 0.381. The maximum absolute atomic E-state index is 12.9. The zero-order valence-corrected chi connectivity index (χ0v) is 15.6. The zero-order valence-electron chi connectivity index (χ0n) is 15.6. The van der Waals surface area contributed by atoms with Gasteiger partial charge in [0.2, 0.25) is 0 Å². The van der Waals surface area contributed by atoms with Gasteiger partial charge in [0.25, 0.3) is 23.3 Å². The van der Waals surface area contributed by atoms with Gasteiger partial charge in [0.1, 0.15) is 5.82 Å². The molecule has 10 nitrogen and oxygen atoms in total. The minimum Gasteiger partial charge on any atom is -0.384 e. The number of pyridine rings is 1. The lowest BCUT2D eigenvalue weighted by Crippen LogP contribution is -2.27. The van der Waals surface area contributed by atoms with E-state index in [2.05, 4.69) is 15.6 Å². The van der Waals surface area contributed by atoms with Crippen LogP contribution in [0.4, 0.5) is 5.82 Å². The quantitative estimate of drug-likeness (QED) is 0.537. The summed E-state index contributed by atoms with van der Waals surface area (Å²) >= 11 is 0. The molecule has 5 rings (SSSR count). The van der Waals surface area contributed by atoms with Crippen LogP contribution in [0.5, 0.6) is 0 Å². The summed E-state index contributed by atoms with van der Waals surface area (Å²) in [5, 5.41) is 5.04. The molecule has 2 aliphatic rings. The third-order valence-electron chi connectivity index (χ3n) is 5.13. The average molecular weight is 404 g/mol. The number of rotatable bonds is 4. The van der Waals surface area contributed by atoms with Crippen molar-refractivity contribution < 1.29 is 14.4 Å². The standard InChI is InChI=1S/C20H16N6O4/c21-17-16-12(19(29)24-20(16)30)8-15(27)26(17)14-7-10(18(28)23-11-2-3-11)1-4-13(14)25-6-5-22-9-25/h1,4-9,11H,2-3,21H2,(H,23,28)(H,24,29,30). The van der Waals surface area contributed by atoms with E-state index in [1.54, 1.807) is 29.1 Å². The van der Waals surface area contributed by atoms with Crippen LogP contribution in [-0.4, -0.2) is 37.9 Å². The van der Waals surface area contributed by atoms with E-state index in [-0.39, 0.29) is 34.6 Å². The Labute approximate surface area is 169 Å². The Balaban J connectivity index is 1.74.